The highest BCUT2D eigenvalue weighted by Crippen LogP contribution is 2.16. The summed E-state index contributed by atoms with van der Waals surface area (Å²) in [7, 11) is 1.19. The highest BCUT2D eigenvalue weighted by Gasteiger charge is 2.37. The summed E-state index contributed by atoms with van der Waals surface area (Å²) in [6.07, 6.45) is -0.376. The smallest absolute Gasteiger partial charge is 0.328 e. The Bertz CT molecular complexity index is 1360. The molecule has 0 fully saturated rings. The number of carbonyl (C=O) groups is 6. The number of ether oxygens (including phenoxy) is 3. The number of carbonyl (C=O) groups excluding carboxylic acids is 6. The molecule has 2 rings (SSSR count). The van der Waals surface area contributed by atoms with E-state index in [1.165, 1.54) is 18.9 Å². The van der Waals surface area contributed by atoms with E-state index in [1.807, 2.05) is 0 Å². The number of nitrogens with zero attached hydrogens (tertiary/aromatic N) is 1. The van der Waals surface area contributed by atoms with Gasteiger partial charge in [0.2, 0.25) is 11.8 Å². The van der Waals surface area contributed by atoms with E-state index in [-0.39, 0.29) is 25.5 Å². The largest absolute Gasteiger partial charge is 0.467 e. The van der Waals surface area contributed by atoms with Crippen LogP contribution in [0.15, 0.2) is 54.6 Å². The predicted molar refractivity (Wildman–Crippen MR) is 173 cm³/mol. The number of urea groups is 1. The van der Waals surface area contributed by atoms with Gasteiger partial charge in [-0.2, -0.15) is 0 Å². The van der Waals surface area contributed by atoms with Crippen LogP contribution in [0.25, 0.3) is 0 Å². The molecule has 2 aromatic carbocycles. The maximum Gasteiger partial charge on any atom is 0.328 e. The van der Waals surface area contributed by atoms with Crippen molar-refractivity contribution in [3.8, 4) is 5.75 Å². The monoisotopic (exact) mass is 654 g/mol. The van der Waals surface area contributed by atoms with Gasteiger partial charge in [0.25, 0.3) is 0 Å². The Kier molecular flexibility index (Phi) is 15.4. The van der Waals surface area contributed by atoms with Crippen LogP contribution >= 0.6 is 0 Å². The fourth-order valence-electron chi connectivity index (χ4n) is 4.78. The Labute approximate surface area is 275 Å². The molecular weight excluding hydrogens is 608 g/mol. The van der Waals surface area contributed by atoms with Crippen LogP contribution in [0, 0.1) is 0 Å². The molecule has 256 valence electrons. The fourth-order valence-corrected chi connectivity index (χ4v) is 4.78. The molecule has 0 saturated carbocycles. The van der Waals surface area contributed by atoms with E-state index in [4.69, 9.17) is 14.2 Å². The van der Waals surface area contributed by atoms with Crippen molar-refractivity contribution in [3.63, 3.8) is 0 Å². The second-order valence-corrected chi connectivity index (χ2v) is 11.4. The molecule has 0 spiro atoms. The lowest BCUT2D eigenvalue weighted by Crippen LogP contribution is -2.60. The van der Waals surface area contributed by atoms with Crippen LogP contribution in [0.2, 0.25) is 0 Å². The Balaban J connectivity index is 2.42. The zero-order valence-corrected chi connectivity index (χ0v) is 28.0. The first-order valence-electron chi connectivity index (χ1n) is 15.5. The number of esters is 3. The van der Waals surface area contributed by atoms with E-state index in [9.17, 15) is 28.8 Å². The average Bonchev–Trinajstić information content (AvgIpc) is 3.00. The molecule has 3 atom stereocenters. The number of methoxy groups -OCH3 is 1. The van der Waals surface area contributed by atoms with Gasteiger partial charge in [-0.05, 0) is 57.9 Å². The quantitative estimate of drug-likeness (QED) is 0.182. The summed E-state index contributed by atoms with van der Waals surface area (Å²) in [6, 6.07) is 10.4. The third-order valence-electron chi connectivity index (χ3n) is 6.85. The molecule has 3 N–H and O–H groups in total. The van der Waals surface area contributed by atoms with Gasteiger partial charge in [-0.3, -0.25) is 19.2 Å². The van der Waals surface area contributed by atoms with E-state index in [0.717, 1.165) is 0 Å². The van der Waals surface area contributed by atoms with Crippen LogP contribution in [0.4, 0.5) is 4.79 Å². The molecule has 0 bridgehead atoms. The van der Waals surface area contributed by atoms with Gasteiger partial charge >= 0.3 is 23.9 Å². The highest BCUT2D eigenvalue weighted by molar-refractivity contribution is 5.95. The molecule has 0 radical (unpaired) electrons. The van der Waals surface area contributed by atoms with Crippen LogP contribution in [-0.2, 0) is 46.3 Å². The Morgan fingerprint density at radius 1 is 0.766 bits per heavy atom. The van der Waals surface area contributed by atoms with Crippen molar-refractivity contribution < 1.29 is 43.0 Å². The van der Waals surface area contributed by atoms with Crippen molar-refractivity contribution in [2.75, 3.05) is 13.7 Å². The molecule has 0 heterocycles. The molecule has 2 aromatic rings. The Morgan fingerprint density at radius 2 is 1.34 bits per heavy atom. The summed E-state index contributed by atoms with van der Waals surface area (Å²) >= 11 is 0. The van der Waals surface area contributed by atoms with Crippen molar-refractivity contribution in [2.45, 2.75) is 91.0 Å². The van der Waals surface area contributed by atoms with E-state index >= 15 is 0 Å². The van der Waals surface area contributed by atoms with Crippen molar-refractivity contribution >= 4 is 35.8 Å². The number of hydrogen-bond donors (Lipinski definition) is 3. The maximum atomic E-state index is 14.0. The van der Waals surface area contributed by atoms with Crippen LogP contribution in [0.5, 0.6) is 5.75 Å². The van der Waals surface area contributed by atoms with Crippen molar-refractivity contribution in [3.05, 3.63) is 65.7 Å². The second kappa shape index (κ2) is 18.9. The lowest BCUT2D eigenvalue weighted by molar-refractivity contribution is -0.147. The second-order valence-electron chi connectivity index (χ2n) is 11.4. The highest BCUT2D eigenvalue weighted by atomic mass is 16.5. The summed E-state index contributed by atoms with van der Waals surface area (Å²) in [4.78, 5) is 78.9. The Hall–Kier alpha value is -4.94. The maximum absolute atomic E-state index is 14.0. The van der Waals surface area contributed by atoms with Gasteiger partial charge in [-0.15, -0.1) is 0 Å². The molecule has 0 aliphatic rings. The minimum atomic E-state index is -1.31. The van der Waals surface area contributed by atoms with E-state index < -0.39 is 66.3 Å². The summed E-state index contributed by atoms with van der Waals surface area (Å²) in [5, 5.41) is 8.18. The number of hydrogen-bond acceptors (Lipinski definition) is 9. The van der Waals surface area contributed by atoms with Crippen LogP contribution in [0.3, 0.4) is 0 Å². The van der Waals surface area contributed by atoms with Crippen LogP contribution < -0.4 is 20.7 Å². The van der Waals surface area contributed by atoms with Crippen molar-refractivity contribution in [1.82, 2.24) is 20.9 Å². The molecule has 0 aromatic heterocycles. The average molecular weight is 655 g/mol. The summed E-state index contributed by atoms with van der Waals surface area (Å²) in [5.41, 5.74) is 1.35. The van der Waals surface area contributed by atoms with Crippen LogP contribution in [0.1, 0.15) is 59.1 Å². The van der Waals surface area contributed by atoms with Gasteiger partial charge in [-0.1, -0.05) is 42.5 Å². The lowest BCUT2D eigenvalue weighted by atomic mass is 10.0. The van der Waals surface area contributed by atoms with Crippen molar-refractivity contribution in [1.29, 1.82) is 0 Å². The SMILES string of the molecule is CCOC(=O)CC(C(=O)N[C@@H](Cc1ccccc1)C(=O)N[C@@H](Cc1ccc(OC(C)=O)cc1)C(=O)OC)N(C(=O)NC(C)C)C(C)C. The number of nitrogens with one attached hydrogen (secondary N) is 3. The Morgan fingerprint density at radius 3 is 1.87 bits per heavy atom. The number of benzene rings is 2. The first-order valence-corrected chi connectivity index (χ1v) is 15.5. The summed E-state index contributed by atoms with van der Waals surface area (Å²) < 4.78 is 15.1. The summed E-state index contributed by atoms with van der Waals surface area (Å²) in [6.45, 7) is 9.93. The molecule has 0 saturated heterocycles. The molecular formula is C34H46N4O9. The molecule has 47 heavy (non-hydrogen) atoms. The van der Waals surface area contributed by atoms with Gasteiger partial charge in [0.1, 0.15) is 23.9 Å². The fraction of sp³-hybridized carbons (Fsp3) is 0.471. The van der Waals surface area contributed by atoms with E-state index in [2.05, 4.69) is 16.0 Å². The summed E-state index contributed by atoms with van der Waals surface area (Å²) in [5.74, 6) is -3.01. The van der Waals surface area contributed by atoms with Gasteiger partial charge < -0.3 is 35.1 Å². The number of rotatable bonds is 16. The van der Waals surface area contributed by atoms with Gasteiger partial charge in [-0.25, -0.2) is 9.59 Å². The lowest BCUT2D eigenvalue weighted by Gasteiger charge is -2.35. The van der Waals surface area contributed by atoms with Gasteiger partial charge in [0.05, 0.1) is 20.1 Å². The third-order valence-corrected chi connectivity index (χ3v) is 6.85. The van der Waals surface area contributed by atoms with E-state index in [1.54, 1.807) is 89.2 Å². The molecule has 13 heteroatoms. The topological polar surface area (TPSA) is 169 Å². The standard InChI is InChI=1S/C34H46N4O9/c1-8-46-30(40)20-29(38(22(4)5)34(44)35-21(2)3)32(42)36-27(18-24-12-10-9-11-13-24)31(41)37-28(33(43)45-7)19-25-14-16-26(17-15-25)47-23(6)39/h9-17,21-22,27-29H,8,18-20H2,1-7H3,(H,35,44)(H,36,42)(H,37,41)/t27-,28-,29?/m0/s1. The van der Waals surface area contributed by atoms with Crippen LogP contribution in [-0.4, -0.2) is 84.6 Å². The first kappa shape index (κ1) is 38.2. The molecule has 1 unspecified atom stereocenters. The first-order chi connectivity index (χ1) is 22.2. The molecule has 0 aliphatic carbocycles. The molecule has 4 amide bonds. The van der Waals surface area contributed by atoms with E-state index in [0.29, 0.717) is 16.9 Å². The predicted octanol–water partition coefficient (Wildman–Crippen LogP) is 2.69. The van der Waals surface area contributed by atoms with Gasteiger partial charge in [0, 0.05) is 31.8 Å². The zero-order valence-electron chi connectivity index (χ0n) is 28.0. The minimum absolute atomic E-state index is 0.0345. The van der Waals surface area contributed by atoms with Gasteiger partial charge in [0.15, 0.2) is 0 Å². The normalized spacial score (nSPS) is 12.7. The zero-order chi connectivity index (χ0) is 35.1. The molecule has 13 nitrogen and oxygen atoms in total. The number of amides is 4. The third kappa shape index (κ3) is 12.8. The van der Waals surface area contributed by atoms with Crippen molar-refractivity contribution in [2.24, 2.45) is 0 Å². The minimum Gasteiger partial charge on any atom is -0.467 e. The molecule has 0 aliphatic heterocycles.